The summed E-state index contributed by atoms with van der Waals surface area (Å²) in [6, 6.07) is 1.23. The monoisotopic (exact) mass is 268 g/mol. The van der Waals surface area contributed by atoms with Gasteiger partial charge in [-0.1, -0.05) is 0 Å². The van der Waals surface area contributed by atoms with Crippen LogP contribution in [0.3, 0.4) is 0 Å². The van der Waals surface area contributed by atoms with Crippen LogP contribution in [-0.2, 0) is 4.74 Å². The average molecular weight is 268 g/mol. The van der Waals surface area contributed by atoms with Gasteiger partial charge >= 0.3 is 6.09 Å². The molecule has 2 fully saturated rings. The minimum atomic E-state index is -0.401. The fraction of sp³-hybridized carbons (Fsp3) is 0.933. The van der Waals surface area contributed by atoms with Crippen molar-refractivity contribution >= 4 is 6.09 Å². The van der Waals surface area contributed by atoms with Gasteiger partial charge in [0.1, 0.15) is 5.60 Å². The second kappa shape index (κ2) is 5.70. The molecular weight excluding hydrogens is 240 g/mol. The van der Waals surface area contributed by atoms with Crippen LogP contribution in [-0.4, -0.2) is 41.8 Å². The van der Waals surface area contributed by atoms with Gasteiger partial charge in [0.05, 0.1) is 0 Å². The normalized spacial score (nSPS) is 26.1. The summed E-state index contributed by atoms with van der Waals surface area (Å²) in [4.78, 5) is 14.0. The van der Waals surface area contributed by atoms with Crippen molar-refractivity contribution in [2.45, 2.75) is 71.1 Å². The van der Waals surface area contributed by atoms with Crippen molar-refractivity contribution < 1.29 is 9.53 Å². The number of nitrogens with one attached hydrogen (secondary N) is 1. The van der Waals surface area contributed by atoms with E-state index in [1.54, 1.807) is 0 Å². The molecule has 1 saturated heterocycles. The summed E-state index contributed by atoms with van der Waals surface area (Å²) in [6.07, 6.45) is 4.76. The highest BCUT2D eigenvalue weighted by molar-refractivity contribution is 5.68. The number of carbonyl (C=O) groups is 1. The molecule has 0 aromatic rings. The molecular formula is C15H28N2O2. The van der Waals surface area contributed by atoms with Crippen molar-refractivity contribution in [3.8, 4) is 0 Å². The maximum Gasteiger partial charge on any atom is 0.410 e. The lowest BCUT2D eigenvalue weighted by atomic mass is 9.91. The molecule has 2 aliphatic rings. The average Bonchev–Trinajstić information content (AvgIpc) is 3.11. The van der Waals surface area contributed by atoms with Gasteiger partial charge in [-0.25, -0.2) is 4.79 Å². The molecule has 0 radical (unpaired) electrons. The first kappa shape index (κ1) is 14.6. The number of piperidine rings is 1. The summed E-state index contributed by atoms with van der Waals surface area (Å²) >= 11 is 0. The predicted molar refractivity (Wildman–Crippen MR) is 76.2 cm³/mol. The highest BCUT2D eigenvalue weighted by Crippen LogP contribution is 2.25. The molecule has 4 heteroatoms. The summed E-state index contributed by atoms with van der Waals surface area (Å²) in [7, 11) is 0. The minimum Gasteiger partial charge on any atom is -0.444 e. The lowest BCUT2D eigenvalue weighted by molar-refractivity contribution is 0.0148. The van der Waals surface area contributed by atoms with Crippen molar-refractivity contribution in [2.75, 3.05) is 13.1 Å². The van der Waals surface area contributed by atoms with Gasteiger partial charge in [0.25, 0.3) is 0 Å². The first-order valence-electron chi connectivity index (χ1n) is 7.59. The molecule has 1 N–H and O–H groups in total. The zero-order chi connectivity index (χ0) is 14.0. The lowest BCUT2D eigenvalue weighted by Crippen LogP contribution is -2.48. The Morgan fingerprint density at radius 3 is 2.58 bits per heavy atom. The Hall–Kier alpha value is -0.770. The second-order valence-electron chi connectivity index (χ2n) is 7.06. The number of nitrogens with zero attached hydrogens (tertiary/aromatic N) is 1. The SMILES string of the molecule is C[C@H](NC1CC1)[C@H]1CCCN(C(=O)OC(C)(C)C)C1. The number of likely N-dealkylation sites (tertiary alicyclic amines) is 1. The van der Waals surface area contributed by atoms with Gasteiger partial charge in [-0.2, -0.15) is 0 Å². The molecule has 110 valence electrons. The molecule has 1 saturated carbocycles. The predicted octanol–water partition coefficient (Wildman–Crippen LogP) is 2.77. The summed E-state index contributed by atoms with van der Waals surface area (Å²) in [5.41, 5.74) is -0.401. The van der Waals surface area contributed by atoms with E-state index in [1.165, 1.54) is 19.3 Å². The van der Waals surface area contributed by atoms with Gasteiger partial charge < -0.3 is 15.0 Å². The zero-order valence-corrected chi connectivity index (χ0v) is 12.7. The van der Waals surface area contributed by atoms with Crippen LogP contribution in [0.2, 0.25) is 0 Å². The van der Waals surface area contributed by atoms with Gasteiger partial charge in [0.15, 0.2) is 0 Å². The molecule has 19 heavy (non-hydrogen) atoms. The Morgan fingerprint density at radius 1 is 1.32 bits per heavy atom. The van der Waals surface area contributed by atoms with Crippen molar-refractivity contribution in [3.05, 3.63) is 0 Å². The van der Waals surface area contributed by atoms with Crippen LogP contribution >= 0.6 is 0 Å². The molecule has 2 rings (SSSR count). The Labute approximate surface area is 116 Å². The van der Waals surface area contributed by atoms with Gasteiger partial charge in [0.2, 0.25) is 0 Å². The van der Waals surface area contributed by atoms with Crippen LogP contribution in [0, 0.1) is 5.92 Å². The Kier molecular flexibility index (Phi) is 4.39. The molecule has 2 atom stereocenters. The summed E-state index contributed by atoms with van der Waals surface area (Å²) in [5, 5.41) is 3.65. The topological polar surface area (TPSA) is 41.6 Å². The summed E-state index contributed by atoms with van der Waals surface area (Å²) < 4.78 is 5.47. The van der Waals surface area contributed by atoms with Crippen LogP contribution in [0.5, 0.6) is 0 Å². The van der Waals surface area contributed by atoms with Gasteiger partial charge in [-0.05, 0) is 59.3 Å². The lowest BCUT2D eigenvalue weighted by Gasteiger charge is -2.36. The fourth-order valence-corrected chi connectivity index (χ4v) is 2.67. The number of ether oxygens (including phenoxy) is 1. The maximum absolute atomic E-state index is 12.1. The van der Waals surface area contributed by atoms with E-state index in [-0.39, 0.29) is 6.09 Å². The van der Waals surface area contributed by atoms with Crippen LogP contribution in [0.25, 0.3) is 0 Å². The molecule has 1 aliphatic heterocycles. The number of amides is 1. The molecule has 1 aliphatic carbocycles. The molecule has 1 heterocycles. The minimum absolute atomic E-state index is 0.157. The van der Waals surface area contributed by atoms with E-state index in [0.29, 0.717) is 12.0 Å². The van der Waals surface area contributed by atoms with Crippen LogP contribution in [0.1, 0.15) is 53.4 Å². The highest BCUT2D eigenvalue weighted by atomic mass is 16.6. The molecule has 0 aromatic carbocycles. The van der Waals surface area contributed by atoms with Crippen molar-refractivity contribution in [1.29, 1.82) is 0 Å². The van der Waals surface area contributed by atoms with E-state index in [9.17, 15) is 4.79 Å². The highest BCUT2D eigenvalue weighted by Gasteiger charge is 2.32. The smallest absolute Gasteiger partial charge is 0.410 e. The number of hydrogen-bond acceptors (Lipinski definition) is 3. The van der Waals surface area contributed by atoms with Gasteiger partial charge in [0, 0.05) is 25.2 Å². The molecule has 1 amide bonds. The molecule has 0 unspecified atom stereocenters. The zero-order valence-electron chi connectivity index (χ0n) is 12.7. The van der Waals surface area contributed by atoms with Crippen LogP contribution in [0.4, 0.5) is 4.79 Å². The van der Waals surface area contributed by atoms with E-state index in [4.69, 9.17) is 4.74 Å². The first-order valence-corrected chi connectivity index (χ1v) is 7.59. The third kappa shape index (κ3) is 4.68. The van der Waals surface area contributed by atoms with E-state index >= 15 is 0 Å². The van der Waals surface area contributed by atoms with Crippen LogP contribution in [0.15, 0.2) is 0 Å². The maximum atomic E-state index is 12.1. The second-order valence-corrected chi connectivity index (χ2v) is 7.06. The first-order chi connectivity index (χ1) is 8.85. The van der Waals surface area contributed by atoms with E-state index in [2.05, 4.69) is 12.2 Å². The van der Waals surface area contributed by atoms with Crippen molar-refractivity contribution in [1.82, 2.24) is 10.2 Å². The van der Waals surface area contributed by atoms with E-state index in [0.717, 1.165) is 25.6 Å². The number of hydrogen-bond donors (Lipinski definition) is 1. The standard InChI is InChI=1S/C15H28N2O2/c1-11(16-13-7-8-13)12-6-5-9-17(10-12)14(18)19-15(2,3)4/h11-13,16H,5-10H2,1-4H3/t11-,12-/m0/s1. The molecule has 0 spiro atoms. The van der Waals surface area contributed by atoms with Gasteiger partial charge in [-0.3, -0.25) is 0 Å². The van der Waals surface area contributed by atoms with Crippen molar-refractivity contribution in [3.63, 3.8) is 0 Å². The molecule has 0 bridgehead atoms. The van der Waals surface area contributed by atoms with E-state index < -0.39 is 5.60 Å². The Balaban J connectivity index is 1.83. The third-order valence-corrected chi connectivity index (χ3v) is 3.89. The molecule has 4 nitrogen and oxygen atoms in total. The summed E-state index contributed by atoms with van der Waals surface area (Å²) in [6.45, 7) is 9.68. The quantitative estimate of drug-likeness (QED) is 0.855. The molecule has 0 aromatic heterocycles. The largest absolute Gasteiger partial charge is 0.444 e. The summed E-state index contributed by atoms with van der Waals surface area (Å²) in [5.74, 6) is 0.557. The third-order valence-electron chi connectivity index (χ3n) is 3.89. The van der Waals surface area contributed by atoms with Crippen molar-refractivity contribution in [2.24, 2.45) is 5.92 Å². The van der Waals surface area contributed by atoms with Gasteiger partial charge in [-0.15, -0.1) is 0 Å². The number of rotatable bonds is 3. The Morgan fingerprint density at radius 2 is 2.00 bits per heavy atom. The number of carbonyl (C=O) groups excluding carboxylic acids is 1. The van der Waals surface area contributed by atoms with E-state index in [1.807, 2.05) is 25.7 Å². The van der Waals surface area contributed by atoms with Crippen LogP contribution < -0.4 is 5.32 Å². The Bertz CT molecular complexity index is 321. The fourth-order valence-electron chi connectivity index (χ4n) is 2.67.